The van der Waals surface area contributed by atoms with Crippen LogP contribution in [0.5, 0.6) is 5.75 Å². The van der Waals surface area contributed by atoms with Gasteiger partial charge in [0, 0.05) is 41.7 Å². The lowest BCUT2D eigenvalue weighted by molar-refractivity contribution is -0.539. The van der Waals surface area contributed by atoms with E-state index in [1.54, 1.807) is 0 Å². The number of thiophene rings is 1. The summed E-state index contributed by atoms with van der Waals surface area (Å²) in [7, 11) is 0. The summed E-state index contributed by atoms with van der Waals surface area (Å²) in [4.78, 5) is 7.14. The van der Waals surface area contributed by atoms with Crippen LogP contribution in [0.15, 0.2) is 88.4 Å². The Morgan fingerprint density at radius 3 is 2.39 bits per heavy atom. The molecule has 0 spiro atoms. The van der Waals surface area contributed by atoms with E-state index in [2.05, 4.69) is 86.6 Å². The van der Waals surface area contributed by atoms with Crippen molar-refractivity contribution in [3.8, 4) is 17.0 Å². The van der Waals surface area contributed by atoms with Gasteiger partial charge >= 0.3 is 0 Å². The summed E-state index contributed by atoms with van der Waals surface area (Å²) in [5.74, 6) is 0.883. The minimum atomic E-state index is 0.626. The Balaban J connectivity index is 0.993. The van der Waals surface area contributed by atoms with E-state index in [0.717, 1.165) is 64.8 Å². The molecule has 6 rings (SSSR count). The third-order valence-electron chi connectivity index (χ3n) is 7.92. The summed E-state index contributed by atoms with van der Waals surface area (Å²) in [6.07, 6.45) is 4.77. The van der Waals surface area contributed by atoms with Crippen LogP contribution in [-0.2, 0) is 0 Å². The predicted molar refractivity (Wildman–Crippen MR) is 191 cm³/mol. The van der Waals surface area contributed by atoms with E-state index in [1.165, 1.54) is 52.8 Å². The van der Waals surface area contributed by atoms with Crippen LogP contribution < -0.4 is 31.3 Å². The zero-order chi connectivity index (χ0) is 31.7. The van der Waals surface area contributed by atoms with E-state index >= 15 is 0 Å². The molecule has 0 unspecified atom stereocenters. The molecule has 1 saturated heterocycles. The maximum atomic E-state index is 5.77. The Morgan fingerprint density at radius 1 is 0.870 bits per heavy atom. The van der Waals surface area contributed by atoms with Gasteiger partial charge in [0.1, 0.15) is 5.75 Å². The lowest BCUT2D eigenvalue weighted by atomic mass is 10.2. The van der Waals surface area contributed by atoms with Crippen molar-refractivity contribution in [1.82, 2.24) is 4.98 Å². The number of nitrogen functional groups attached to an aromatic ring is 2. The molecule has 238 valence electrons. The molecule has 46 heavy (non-hydrogen) atoms. The van der Waals surface area contributed by atoms with E-state index in [4.69, 9.17) is 4.74 Å². The number of quaternary nitrogens is 2. The number of benzene rings is 3. The smallest absolute Gasteiger partial charge is 0.230 e. The van der Waals surface area contributed by atoms with E-state index in [9.17, 15) is 0 Å². The lowest BCUT2D eigenvalue weighted by Gasteiger charge is -2.13. The largest absolute Gasteiger partial charge is 0.494 e. The van der Waals surface area contributed by atoms with Gasteiger partial charge in [0.05, 0.1) is 34.4 Å². The summed E-state index contributed by atoms with van der Waals surface area (Å²) >= 11 is 3.32. The van der Waals surface area contributed by atoms with Crippen molar-refractivity contribution in [2.75, 3.05) is 35.4 Å². The van der Waals surface area contributed by atoms with Gasteiger partial charge in [-0.2, -0.15) is 0 Å². The Morgan fingerprint density at radius 2 is 1.63 bits per heavy atom. The van der Waals surface area contributed by atoms with Crippen molar-refractivity contribution in [1.29, 1.82) is 0 Å². The number of aromatic nitrogens is 1. The number of unbranched alkanes of at least 4 members (excludes halogenated alkanes) is 1. The highest BCUT2D eigenvalue weighted by molar-refractivity contribution is 7.19. The molecule has 0 bridgehead atoms. The average Bonchev–Trinajstić information content (AvgIpc) is 3.86. The van der Waals surface area contributed by atoms with Crippen LogP contribution in [0.2, 0.25) is 0 Å². The van der Waals surface area contributed by atoms with Crippen molar-refractivity contribution >= 4 is 60.6 Å². The molecule has 0 atom stereocenters. The molecular weight excluding hydrogens is 613 g/mol. The van der Waals surface area contributed by atoms with Crippen molar-refractivity contribution in [2.45, 2.75) is 46.5 Å². The maximum Gasteiger partial charge on any atom is 0.230 e. The molecule has 1 fully saturated rings. The van der Waals surface area contributed by atoms with Gasteiger partial charge in [-0.3, -0.25) is 0 Å². The lowest BCUT2D eigenvalue weighted by Crippen LogP contribution is -2.83. The number of ether oxygens (including phenoxy) is 1. The third kappa shape index (κ3) is 8.29. The minimum Gasteiger partial charge on any atom is -0.494 e. The van der Waals surface area contributed by atoms with Gasteiger partial charge in [0.25, 0.3) is 0 Å². The number of hydrogen-bond acceptors (Lipinski definition) is 9. The van der Waals surface area contributed by atoms with Crippen LogP contribution in [0, 0.1) is 13.8 Å². The summed E-state index contributed by atoms with van der Waals surface area (Å²) in [5, 5.41) is 14.1. The highest BCUT2D eigenvalue weighted by Crippen LogP contribution is 2.31. The molecular formula is C35H42N8OS2+2. The van der Waals surface area contributed by atoms with E-state index in [-0.39, 0.29) is 0 Å². The SMILES string of the molecule is CCCCOc1ccc(-c2csc(N=Nc3ccc(N[NH2+]c4ccc(N[NH2+]c5ccc(N6CCCC6)s5)cc4C)cc3C)n2)cc1. The molecule has 0 saturated carbocycles. The van der Waals surface area contributed by atoms with Gasteiger partial charge in [-0.05, 0) is 99.3 Å². The minimum absolute atomic E-state index is 0.626. The standard InChI is InChI=1S/C35H40N8OS2/c1-4-5-20-44-29-12-8-26(9-13-29)32-23-45-35(36-32)42-40-31-15-10-27(21-25(31)3)37-39-30-14-11-28(22-24(30)2)38-41-33-16-17-34(46-33)43-18-6-7-19-43/h8-17,21-23,37-39,41H,4-7,18-20H2,1-3H3/p+2. The summed E-state index contributed by atoms with van der Waals surface area (Å²) in [5.41, 5.74) is 19.2. The number of rotatable bonds is 14. The van der Waals surface area contributed by atoms with Crippen LogP contribution in [0.25, 0.3) is 11.3 Å². The highest BCUT2D eigenvalue weighted by Gasteiger charge is 2.15. The number of azo groups is 1. The first kappa shape index (κ1) is 31.7. The van der Waals surface area contributed by atoms with Crippen molar-refractivity contribution < 1.29 is 15.6 Å². The first-order valence-corrected chi connectivity index (χ1v) is 17.6. The van der Waals surface area contributed by atoms with Gasteiger partial charge in [-0.1, -0.05) is 24.7 Å². The monoisotopic (exact) mass is 654 g/mol. The topological polar surface area (TPSA) is 107 Å². The molecule has 6 N–H and O–H groups in total. The first-order valence-electron chi connectivity index (χ1n) is 15.9. The van der Waals surface area contributed by atoms with Crippen molar-refractivity contribution in [3.05, 3.63) is 89.3 Å². The molecule has 3 heterocycles. The molecule has 11 heteroatoms. The molecule has 3 aromatic carbocycles. The Bertz CT molecular complexity index is 1760. The van der Waals surface area contributed by atoms with Crippen LogP contribution in [-0.4, -0.2) is 24.7 Å². The highest BCUT2D eigenvalue weighted by atomic mass is 32.1. The summed E-state index contributed by atoms with van der Waals surface area (Å²) in [6.45, 7) is 9.43. The number of anilines is 3. The van der Waals surface area contributed by atoms with Gasteiger partial charge < -0.3 is 9.64 Å². The molecule has 1 aliphatic rings. The van der Waals surface area contributed by atoms with Gasteiger partial charge in [-0.15, -0.1) is 21.6 Å². The van der Waals surface area contributed by atoms with Crippen LogP contribution in [0.3, 0.4) is 0 Å². The molecule has 9 nitrogen and oxygen atoms in total. The number of hydrogen-bond donors (Lipinski definition) is 4. The average molecular weight is 655 g/mol. The van der Waals surface area contributed by atoms with E-state index in [0.29, 0.717) is 5.13 Å². The number of thiazole rings is 1. The Hall–Kier alpha value is -4.29. The number of aryl methyl sites for hydroxylation is 2. The van der Waals surface area contributed by atoms with Gasteiger partial charge in [-0.25, -0.2) is 26.7 Å². The zero-order valence-corrected chi connectivity index (χ0v) is 28.3. The molecule has 1 aliphatic heterocycles. The first-order chi connectivity index (χ1) is 22.5. The fourth-order valence-electron chi connectivity index (χ4n) is 5.22. The van der Waals surface area contributed by atoms with E-state index < -0.39 is 0 Å². The normalized spacial score (nSPS) is 13.1. The van der Waals surface area contributed by atoms with E-state index in [1.807, 2.05) is 65.5 Å². The molecule has 5 aromatic rings. The van der Waals surface area contributed by atoms with Crippen LogP contribution >= 0.6 is 22.7 Å². The maximum absolute atomic E-state index is 5.77. The zero-order valence-electron chi connectivity index (χ0n) is 26.6. The quantitative estimate of drug-likeness (QED) is 0.0318. The van der Waals surface area contributed by atoms with Crippen LogP contribution in [0.4, 0.5) is 37.9 Å². The molecule has 0 radical (unpaired) electrons. The molecule has 0 amide bonds. The van der Waals surface area contributed by atoms with Crippen LogP contribution in [0.1, 0.15) is 43.7 Å². The number of nitrogens with zero attached hydrogens (tertiary/aromatic N) is 4. The van der Waals surface area contributed by atoms with Crippen molar-refractivity contribution in [2.24, 2.45) is 10.2 Å². The molecule has 2 aromatic heterocycles. The molecule has 0 aliphatic carbocycles. The predicted octanol–water partition coefficient (Wildman–Crippen LogP) is 8.13. The summed E-state index contributed by atoms with van der Waals surface area (Å²) < 4.78 is 5.77. The second kappa shape index (κ2) is 15.3. The fraction of sp³-hybridized carbons (Fsp3) is 0.286. The van der Waals surface area contributed by atoms with Gasteiger partial charge in [0.15, 0.2) is 5.69 Å². The Kier molecular flexibility index (Phi) is 10.6. The fourth-order valence-corrected chi connectivity index (χ4v) is 6.81. The third-order valence-corrected chi connectivity index (χ3v) is 9.74. The second-order valence-electron chi connectivity index (χ2n) is 11.5. The number of nitrogens with one attached hydrogen (secondary N) is 2. The number of nitrogens with two attached hydrogens (primary N) is 2. The van der Waals surface area contributed by atoms with Gasteiger partial charge in [0.2, 0.25) is 10.1 Å². The second-order valence-corrected chi connectivity index (χ2v) is 13.4. The summed E-state index contributed by atoms with van der Waals surface area (Å²) in [6, 6.07) is 25.0. The van der Waals surface area contributed by atoms with Crippen molar-refractivity contribution in [3.63, 3.8) is 0 Å². The Labute approximate surface area is 278 Å².